The van der Waals surface area contributed by atoms with Gasteiger partial charge in [0.25, 0.3) is 0 Å². The van der Waals surface area contributed by atoms with Crippen molar-refractivity contribution in [1.82, 2.24) is 14.9 Å². The van der Waals surface area contributed by atoms with Crippen LogP contribution in [0.1, 0.15) is 13.3 Å². The largest absolute Gasteiger partial charge is 0.378 e. The molecule has 1 aromatic heterocycles. The number of carbonyl (C=O) groups is 1. The Morgan fingerprint density at radius 3 is 2.55 bits per heavy atom. The summed E-state index contributed by atoms with van der Waals surface area (Å²) in [5.41, 5.74) is 0. The van der Waals surface area contributed by atoms with Gasteiger partial charge in [-0.2, -0.15) is 4.98 Å². The number of aromatic nitrogens is 2. The van der Waals surface area contributed by atoms with Crippen molar-refractivity contribution in [3.63, 3.8) is 0 Å². The summed E-state index contributed by atoms with van der Waals surface area (Å²) >= 11 is 0. The third-order valence-electron chi connectivity index (χ3n) is 4.18. The zero-order chi connectivity index (χ0) is 15.4. The van der Waals surface area contributed by atoms with Gasteiger partial charge in [0.15, 0.2) is 0 Å². The second-order valence-electron chi connectivity index (χ2n) is 5.54. The zero-order valence-electron chi connectivity index (χ0n) is 13.1. The Hall–Kier alpha value is -1.89. The van der Waals surface area contributed by atoms with Gasteiger partial charge in [0.1, 0.15) is 5.82 Å². The lowest BCUT2D eigenvalue weighted by Crippen LogP contribution is -2.49. The Labute approximate surface area is 130 Å². The van der Waals surface area contributed by atoms with Crippen LogP contribution in [0.15, 0.2) is 12.3 Å². The van der Waals surface area contributed by atoms with E-state index in [0.717, 1.165) is 64.2 Å². The molecule has 120 valence electrons. The first-order chi connectivity index (χ1) is 10.8. The summed E-state index contributed by atoms with van der Waals surface area (Å²) in [4.78, 5) is 27.1. The van der Waals surface area contributed by atoms with E-state index in [1.807, 2.05) is 24.1 Å². The van der Waals surface area contributed by atoms with Gasteiger partial charge in [0, 0.05) is 51.9 Å². The monoisotopic (exact) mass is 305 g/mol. The molecule has 0 spiro atoms. The van der Waals surface area contributed by atoms with Crippen LogP contribution in [-0.2, 0) is 9.53 Å². The number of nitrogens with zero attached hydrogens (tertiary/aromatic N) is 5. The highest BCUT2D eigenvalue weighted by molar-refractivity contribution is 5.76. The van der Waals surface area contributed by atoms with E-state index in [1.165, 1.54) is 0 Å². The molecule has 22 heavy (non-hydrogen) atoms. The van der Waals surface area contributed by atoms with E-state index < -0.39 is 0 Å². The first-order valence-electron chi connectivity index (χ1n) is 7.96. The van der Waals surface area contributed by atoms with Gasteiger partial charge in [-0.25, -0.2) is 4.98 Å². The molecule has 7 nitrogen and oxygen atoms in total. The highest BCUT2D eigenvalue weighted by Gasteiger charge is 2.22. The molecule has 0 N–H and O–H groups in total. The van der Waals surface area contributed by atoms with E-state index in [0.29, 0.717) is 6.42 Å². The van der Waals surface area contributed by atoms with Crippen LogP contribution in [0.3, 0.4) is 0 Å². The number of hydrogen-bond donors (Lipinski definition) is 0. The maximum Gasteiger partial charge on any atom is 0.227 e. The van der Waals surface area contributed by atoms with Gasteiger partial charge < -0.3 is 19.4 Å². The van der Waals surface area contributed by atoms with Gasteiger partial charge in [-0.05, 0) is 6.07 Å². The Morgan fingerprint density at radius 1 is 1.14 bits per heavy atom. The maximum absolute atomic E-state index is 11.7. The molecule has 0 unspecified atom stereocenters. The van der Waals surface area contributed by atoms with Crippen LogP contribution in [-0.4, -0.2) is 73.3 Å². The van der Waals surface area contributed by atoms with Crippen molar-refractivity contribution in [3.8, 4) is 0 Å². The molecule has 7 heteroatoms. The predicted octanol–water partition coefficient (Wildman–Crippen LogP) is 0.372. The molecule has 0 atom stereocenters. The van der Waals surface area contributed by atoms with Crippen molar-refractivity contribution in [3.05, 3.63) is 12.3 Å². The van der Waals surface area contributed by atoms with Crippen molar-refractivity contribution >= 4 is 17.7 Å². The lowest BCUT2D eigenvalue weighted by Gasteiger charge is -2.35. The lowest BCUT2D eigenvalue weighted by molar-refractivity contribution is -0.131. The summed E-state index contributed by atoms with van der Waals surface area (Å²) in [5, 5.41) is 0. The van der Waals surface area contributed by atoms with Crippen molar-refractivity contribution in [2.24, 2.45) is 0 Å². The molecule has 2 aliphatic rings. The van der Waals surface area contributed by atoms with Gasteiger partial charge >= 0.3 is 0 Å². The Balaban J connectivity index is 1.64. The highest BCUT2D eigenvalue weighted by Crippen LogP contribution is 2.17. The minimum absolute atomic E-state index is 0.233. The van der Waals surface area contributed by atoms with Crippen LogP contribution in [0, 0.1) is 0 Å². The molecule has 1 aromatic rings. The predicted molar refractivity (Wildman–Crippen MR) is 84.1 cm³/mol. The summed E-state index contributed by atoms with van der Waals surface area (Å²) in [5.74, 6) is 1.95. The molecule has 3 heterocycles. The van der Waals surface area contributed by atoms with Crippen LogP contribution >= 0.6 is 0 Å². The number of hydrogen-bond acceptors (Lipinski definition) is 6. The Bertz CT molecular complexity index is 510. The number of amides is 1. The second-order valence-corrected chi connectivity index (χ2v) is 5.54. The number of morpholine rings is 1. The minimum Gasteiger partial charge on any atom is -0.378 e. The summed E-state index contributed by atoms with van der Waals surface area (Å²) in [6.07, 6.45) is 2.39. The molecule has 0 aromatic carbocycles. The summed E-state index contributed by atoms with van der Waals surface area (Å²) in [6.45, 7) is 8.22. The van der Waals surface area contributed by atoms with Crippen LogP contribution in [0.2, 0.25) is 0 Å². The van der Waals surface area contributed by atoms with Gasteiger partial charge in [-0.3, -0.25) is 4.79 Å². The van der Waals surface area contributed by atoms with Crippen molar-refractivity contribution < 1.29 is 9.53 Å². The molecule has 1 amide bonds. The van der Waals surface area contributed by atoms with E-state index >= 15 is 0 Å². The Kier molecular flexibility index (Phi) is 4.72. The van der Waals surface area contributed by atoms with Crippen LogP contribution in [0.25, 0.3) is 0 Å². The molecule has 2 saturated heterocycles. The molecule has 2 aliphatic heterocycles. The van der Waals surface area contributed by atoms with E-state index in [9.17, 15) is 4.79 Å². The number of ether oxygens (including phenoxy) is 1. The SMILES string of the molecule is CCC(=O)N1CCN(c2ccnc(N3CCOCC3)n2)CC1. The lowest BCUT2D eigenvalue weighted by atomic mass is 10.3. The average Bonchev–Trinajstić information content (AvgIpc) is 2.62. The molecular weight excluding hydrogens is 282 g/mol. The van der Waals surface area contributed by atoms with Crippen LogP contribution in [0.5, 0.6) is 0 Å². The number of carbonyl (C=O) groups excluding carboxylic acids is 1. The normalized spacial score (nSPS) is 19.4. The topological polar surface area (TPSA) is 61.8 Å². The quantitative estimate of drug-likeness (QED) is 0.804. The first kappa shape index (κ1) is 15.0. The van der Waals surface area contributed by atoms with E-state index in [2.05, 4.69) is 14.8 Å². The molecule has 3 rings (SSSR count). The molecule has 0 saturated carbocycles. The third-order valence-corrected chi connectivity index (χ3v) is 4.18. The number of anilines is 2. The number of piperazine rings is 1. The maximum atomic E-state index is 11.7. The smallest absolute Gasteiger partial charge is 0.227 e. The van der Waals surface area contributed by atoms with Crippen molar-refractivity contribution in [1.29, 1.82) is 0 Å². The minimum atomic E-state index is 0.233. The summed E-state index contributed by atoms with van der Waals surface area (Å²) in [6, 6.07) is 1.95. The van der Waals surface area contributed by atoms with Crippen LogP contribution < -0.4 is 9.80 Å². The van der Waals surface area contributed by atoms with Crippen molar-refractivity contribution in [2.75, 3.05) is 62.3 Å². The Morgan fingerprint density at radius 2 is 1.86 bits per heavy atom. The van der Waals surface area contributed by atoms with Gasteiger partial charge in [0.2, 0.25) is 11.9 Å². The first-order valence-corrected chi connectivity index (χ1v) is 7.96. The van der Waals surface area contributed by atoms with Crippen LogP contribution in [0.4, 0.5) is 11.8 Å². The standard InChI is InChI=1S/C15H23N5O2/c1-2-14(21)19-7-5-18(6-8-19)13-3-4-16-15(17-13)20-9-11-22-12-10-20/h3-4H,2,5-12H2,1H3. The molecule has 0 aliphatic carbocycles. The molecule has 0 bridgehead atoms. The van der Waals surface area contributed by atoms with Gasteiger partial charge in [0.05, 0.1) is 13.2 Å². The molecule has 0 radical (unpaired) electrons. The second kappa shape index (κ2) is 6.91. The highest BCUT2D eigenvalue weighted by atomic mass is 16.5. The number of rotatable bonds is 3. The third kappa shape index (κ3) is 3.30. The fourth-order valence-corrected chi connectivity index (χ4v) is 2.84. The van der Waals surface area contributed by atoms with E-state index in [1.54, 1.807) is 0 Å². The zero-order valence-corrected chi connectivity index (χ0v) is 13.1. The average molecular weight is 305 g/mol. The molecular formula is C15H23N5O2. The van der Waals surface area contributed by atoms with Gasteiger partial charge in [-0.15, -0.1) is 0 Å². The van der Waals surface area contributed by atoms with Gasteiger partial charge in [-0.1, -0.05) is 6.92 Å². The van der Waals surface area contributed by atoms with E-state index in [-0.39, 0.29) is 5.91 Å². The fraction of sp³-hybridized carbons (Fsp3) is 0.667. The fourth-order valence-electron chi connectivity index (χ4n) is 2.84. The summed E-state index contributed by atoms with van der Waals surface area (Å²) in [7, 11) is 0. The molecule has 2 fully saturated rings. The van der Waals surface area contributed by atoms with E-state index in [4.69, 9.17) is 9.72 Å². The van der Waals surface area contributed by atoms with Crippen molar-refractivity contribution in [2.45, 2.75) is 13.3 Å². The summed E-state index contributed by atoms with van der Waals surface area (Å²) < 4.78 is 5.37.